The van der Waals surface area contributed by atoms with Gasteiger partial charge in [-0.25, -0.2) is 9.67 Å². The average molecular weight is 543 g/mol. The highest BCUT2D eigenvalue weighted by atomic mass is 19.4. The summed E-state index contributed by atoms with van der Waals surface area (Å²) in [6.45, 7) is 0. The lowest BCUT2D eigenvalue weighted by Crippen LogP contribution is -2.72. The number of benzene rings is 1. The van der Waals surface area contributed by atoms with E-state index in [0.29, 0.717) is 7.05 Å². The van der Waals surface area contributed by atoms with Crippen LogP contribution >= 0.6 is 0 Å². The summed E-state index contributed by atoms with van der Waals surface area (Å²) in [5, 5.41) is 12.2. The Kier molecular flexibility index (Phi) is 6.32. The van der Waals surface area contributed by atoms with Gasteiger partial charge in [-0.05, 0) is 24.3 Å². The predicted molar refractivity (Wildman–Crippen MR) is 82.8 cm³/mol. The Hall–Kier alpha value is -2.89. The fourth-order valence-corrected chi connectivity index (χ4v) is 2.50. The van der Waals surface area contributed by atoms with Crippen molar-refractivity contribution >= 4 is 0 Å². The van der Waals surface area contributed by atoms with Crippen molar-refractivity contribution in [3.8, 4) is 17.1 Å². The van der Waals surface area contributed by atoms with Gasteiger partial charge < -0.3 is 5.11 Å². The Bertz CT molecular complexity index is 1070. The van der Waals surface area contributed by atoms with Crippen molar-refractivity contribution in [2.75, 3.05) is 0 Å². The third kappa shape index (κ3) is 3.82. The van der Waals surface area contributed by atoms with Crippen LogP contribution in [0.3, 0.4) is 0 Å². The van der Waals surface area contributed by atoms with Crippen LogP contribution in [0.25, 0.3) is 11.4 Å². The second kappa shape index (κ2) is 7.81. The van der Waals surface area contributed by atoms with Crippen LogP contribution in [0.2, 0.25) is 0 Å². The van der Waals surface area contributed by atoms with E-state index in [0.717, 1.165) is 24.3 Å². The molecule has 0 aliphatic carbocycles. The van der Waals surface area contributed by atoms with Crippen molar-refractivity contribution in [1.29, 1.82) is 0 Å². The van der Waals surface area contributed by atoms with E-state index >= 15 is 0 Å². The summed E-state index contributed by atoms with van der Waals surface area (Å²) < 4.78 is 200. The first-order chi connectivity index (χ1) is 15.4. The summed E-state index contributed by atoms with van der Waals surface area (Å²) in [6, 6.07) is 3.53. The van der Waals surface area contributed by atoms with Crippen LogP contribution in [-0.2, 0) is 13.0 Å². The van der Waals surface area contributed by atoms with Crippen LogP contribution < -0.4 is 0 Å². The number of phenols is 1. The number of aromatic nitrogens is 3. The molecule has 1 N–H and O–H groups in total. The number of aryl methyl sites for hydroxylation is 1. The zero-order chi connectivity index (χ0) is 27.6. The van der Waals surface area contributed by atoms with E-state index in [1.165, 1.54) is 0 Å². The Labute approximate surface area is 183 Å². The first-order valence-corrected chi connectivity index (χ1v) is 8.42. The maximum absolute atomic E-state index is 14.4. The minimum Gasteiger partial charge on any atom is -0.508 e. The van der Waals surface area contributed by atoms with Crippen molar-refractivity contribution in [3.05, 3.63) is 30.1 Å². The molecule has 1 aromatic carbocycles. The normalized spacial score (nSPS) is 15.0. The number of halogens is 15. The number of aromatic hydroxyl groups is 1. The predicted octanol–water partition coefficient (Wildman–Crippen LogP) is 6.02. The molecule has 2 aromatic rings. The minimum absolute atomic E-state index is 0.332. The molecule has 1 aromatic heterocycles. The second-order valence-electron chi connectivity index (χ2n) is 6.87. The molecule has 0 saturated heterocycles. The number of alkyl halides is 15. The summed E-state index contributed by atoms with van der Waals surface area (Å²) in [6.07, 6.45) is -7.67. The van der Waals surface area contributed by atoms with Crippen LogP contribution in [0.15, 0.2) is 24.3 Å². The molecule has 198 valence electrons. The molecule has 4 nitrogen and oxygen atoms in total. The van der Waals surface area contributed by atoms with E-state index in [2.05, 4.69) is 10.1 Å². The molecule has 0 unspecified atom stereocenters. The van der Waals surface area contributed by atoms with Crippen LogP contribution in [0, 0.1) is 0 Å². The van der Waals surface area contributed by atoms with E-state index in [9.17, 15) is 65.9 Å². The highest BCUT2D eigenvalue weighted by molar-refractivity contribution is 5.55. The van der Waals surface area contributed by atoms with Crippen LogP contribution in [0.4, 0.5) is 65.9 Å². The molecule has 0 aliphatic rings. The second-order valence-corrected chi connectivity index (χ2v) is 6.87. The molecular formula is C16H8F15N3O. The highest BCUT2D eigenvalue weighted by Gasteiger charge is 2.93. The maximum Gasteiger partial charge on any atom is 0.460 e. The first-order valence-electron chi connectivity index (χ1n) is 8.42. The van der Waals surface area contributed by atoms with Gasteiger partial charge in [0.15, 0.2) is 5.82 Å². The van der Waals surface area contributed by atoms with Gasteiger partial charge in [-0.2, -0.15) is 71.0 Å². The Morgan fingerprint density at radius 2 is 1.03 bits per heavy atom. The van der Waals surface area contributed by atoms with Gasteiger partial charge in [0.2, 0.25) is 5.82 Å². The van der Waals surface area contributed by atoms with Crippen molar-refractivity contribution in [2.45, 2.75) is 41.7 Å². The standard InChI is InChI=1S/C16H8F15N3O/c1-34-9(32-8(33-34)6-2-4-7(35)5-3-6)10(17,18)11(19,20)12(21,22)13(23,24)14(25,26)15(27,28)16(29,30)31/h2-5,35H,1H3. The smallest absolute Gasteiger partial charge is 0.460 e. The van der Waals surface area contributed by atoms with Gasteiger partial charge in [0, 0.05) is 12.6 Å². The molecule has 1 heterocycles. The largest absolute Gasteiger partial charge is 0.508 e. The Morgan fingerprint density at radius 3 is 1.46 bits per heavy atom. The molecule has 0 aliphatic heterocycles. The van der Waals surface area contributed by atoms with E-state index < -0.39 is 59.1 Å². The van der Waals surface area contributed by atoms with Gasteiger partial charge >= 0.3 is 41.7 Å². The van der Waals surface area contributed by atoms with E-state index in [1.807, 2.05) is 0 Å². The number of phenolic OH excluding ortho intramolecular Hbond substituents is 1. The van der Waals surface area contributed by atoms with Crippen LogP contribution in [0.1, 0.15) is 5.82 Å². The number of hydrogen-bond acceptors (Lipinski definition) is 3. The quantitative estimate of drug-likeness (QED) is 0.435. The Morgan fingerprint density at radius 1 is 0.629 bits per heavy atom. The maximum atomic E-state index is 14.4. The lowest BCUT2D eigenvalue weighted by molar-refractivity contribution is -0.454. The molecule has 19 heteroatoms. The molecule has 2 rings (SSSR count). The van der Waals surface area contributed by atoms with Gasteiger partial charge in [0.1, 0.15) is 5.75 Å². The summed E-state index contributed by atoms with van der Waals surface area (Å²) in [7, 11) is 0.332. The number of hydrogen-bond donors (Lipinski definition) is 1. The molecule has 0 saturated carbocycles. The van der Waals surface area contributed by atoms with Crippen LogP contribution in [0.5, 0.6) is 5.75 Å². The Balaban J connectivity index is 2.63. The highest BCUT2D eigenvalue weighted by Crippen LogP contribution is 2.63. The fourth-order valence-electron chi connectivity index (χ4n) is 2.50. The molecule has 0 fully saturated rings. The molecule has 0 spiro atoms. The van der Waals surface area contributed by atoms with E-state index in [4.69, 9.17) is 5.11 Å². The zero-order valence-electron chi connectivity index (χ0n) is 16.3. The van der Waals surface area contributed by atoms with Crippen molar-refractivity contribution in [1.82, 2.24) is 14.8 Å². The topological polar surface area (TPSA) is 50.9 Å². The van der Waals surface area contributed by atoms with Gasteiger partial charge in [-0.1, -0.05) is 0 Å². The fraction of sp³-hybridized carbons (Fsp3) is 0.500. The van der Waals surface area contributed by atoms with Crippen molar-refractivity contribution in [3.63, 3.8) is 0 Å². The van der Waals surface area contributed by atoms with E-state index in [-0.39, 0.29) is 10.2 Å². The summed E-state index contributed by atoms with van der Waals surface area (Å²) in [5.74, 6) is -51.4. The van der Waals surface area contributed by atoms with Crippen molar-refractivity contribution in [2.24, 2.45) is 7.05 Å². The third-order valence-corrected chi connectivity index (χ3v) is 4.50. The molecule has 0 atom stereocenters. The lowest BCUT2D eigenvalue weighted by atomic mass is 9.91. The monoisotopic (exact) mass is 543 g/mol. The zero-order valence-corrected chi connectivity index (χ0v) is 16.3. The third-order valence-electron chi connectivity index (χ3n) is 4.50. The number of nitrogens with zero attached hydrogens (tertiary/aromatic N) is 3. The van der Waals surface area contributed by atoms with E-state index in [1.54, 1.807) is 0 Å². The first kappa shape index (κ1) is 28.3. The summed E-state index contributed by atoms with van der Waals surface area (Å²) >= 11 is 0. The van der Waals surface area contributed by atoms with Gasteiger partial charge in [-0.15, -0.1) is 0 Å². The molecule has 0 amide bonds. The summed E-state index contributed by atoms with van der Waals surface area (Å²) in [5.41, 5.74) is -0.350. The van der Waals surface area contributed by atoms with Gasteiger partial charge in [0.05, 0.1) is 0 Å². The molecule has 0 radical (unpaired) electrons. The lowest BCUT2D eigenvalue weighted by Gasteiger charge is -2.41. The molecule has 35 heavy (non-hydrogen) atoms. The van der Waals surface area contributed by atoms with Crippen LogP contribution in [-0.4, -0.2) is 55.7 Å². The molecule has 0 bridgehead atoms. The average Bonchev–Trinajstić information content (AvgIpc) is 3.09. The minimum atomic E-state index is -8.38. The number of rotatable bonds is 7. The van der Waals surface area contributed by atoms with Gasteiger partial charge in [0.25, 0.3) is 0 Å². The summed E-state index contributed by atoms with van der Waals surface area (Å²) in [4.78, 5) is 2.74. The van der Waals surface area contributed by atoms with Crippen molar-refractivity contribution < 1.29 is 71.0 Å². The SMILES string of the molecule is Cn1nc(-c2ccc(O)cc2)nc1C(F)(F)C(F)(F)C(F)(F)C(F)(F)C(F)(F)C(F)(F)C(F)(F)F. The van der Waals surface area contributed by atoms with Gasteiger partial charge in [-0.3, -0.25) is 0 Å². The molecular weight excluding hydrogens is 535 g/mol.